The largest absolute Gasteiger partial charge is 0.390 e. The molecule has 1 aliphatic carbocycles. The van der Waals surface area contributed by atoms with Gasteiger partial charge in [-0.25, -0.2) is 0 Å². The molecule has 7 unspecified atom stereocenters. The van der Waals surface area contributed by atoms with Crippen molar-refractivity contribution in [3.63, 3.8) is 0 Å². The van der Waals surface area contributed by atoms with Gasteiger partial charge < -0.3 is 14.9 Å². The topological polar surface area (TPSA) is 79.1 Å². The molecule has 0 aromatic carbocycles. The van der Waals surface area contributed by atoms with E-state index in [1.54, 1.807) is 0 Å². The maximum absolute atomic E-state index is 11.5. The standard InChI is InChI=1S/C30H57NO4/c1-9-35-28-25(6)24(5)27(32)21-26(28)16-15-23(4)14-11-19-30(8,33)20-12-18-29(7,31-34)17-10-13-22(2)3/h21-25,27-28,32-33H,9-20H2,1-8H3. The molecule has 1 rings (SSSR count). The van der Waals surface area contributed by atoms with E-state index in [0.717, 1.165) is 64.2 Å². The molecule has 0 saturated carbocycles. The summed E-state index contributed by atoms with van der Waals surface area (Å²) in [6.45, 7) is 17.6. The van der Waals surface area contributed by atoms with Crippen molar-refractivity contribution in [2.24, 2.45) is 28.8 Å². The van der Waals surface area contributed by atoms with E-state index in [-0.39, 0.29) is 18.1 Å². The first-order valence-corrected chi connectivity index (χ1v) is 14.4. The second kappa shape index (κ2) is 15.5. The van der Waals surface area contributed by atoms with E-state index >= 15 is 0 Å². The fourth-order valence-corrected chi connectivity index (χ4v) is 5.53. The van der Waals surface area contributed by atoms with Crippen LogP contribution in [-0.4, -0.2) is 40.2 Å². The molecule has 2 N–H and O–H groups in total. The summed E-state index contributed by atoms with van der Waals surface area (Å²) >= 11 is 0. The predicted octanol–water partition coefficient (Wildman–Crippen LogP) is 7.82. The average Bonchev–Trinajstić information content (AvgIpc) is 2.77. The normalized spacial score (nSPS) is 27.2. The van der Waals surface area contributed by atoms with Crippen LogP contribution in [0.15, 0.2) is 16.8 Å². The summed E-state index contributed by atoms with van der Waals surface area (Å²) in [4.78, 5) is 11.5. The summed E-state index contributed by atoms with van der Waals surface area (Å²) < 4.78 is 6.05. The van der Waals surface area contributed by atoms with Crippen molar-refractivity contribution in [3.05, 3.63) is 16.6 Å². The Balaban J connectivity index is 2.40. The van der Waals surface area contributed by atoms with Crippen LogP contribution < -0.4 is 0 Å². The molecule has 0 aromatic rings. The molecule has 206 valence electrons. The third-order valence-electron chi connectivity index (χ3n) is 8.43. The molecule has 5 heteroatoms. The van der Waals surface area contributed by atoms with Gasteiger partial charge in [-0.05, 0) is 95.0 Å². The lowest BCUT2D eigenvalue weighted by Gasteiger charge is -2.37. The summed E-state index contributed by atoms with van der Waals surface area (Å²) in [5.74, 6) is 1.75. The number of nitrogens with zero attached hydrogens (tertiary/aromatic N) is 1. The van der Waals surface area contributed by atoms with Gasteiger partial charge in [-0.3, -0.25) is 0 Å². The number of hydrogen-bond acceptors (Lipinski definition) is 5. The Bertz CT molecular complexity index is 632. The molecule has 7 atom stereocenters. The summed E-state index contributed by atoms with van der Waals surface area (Å²) in [6.07, 6.45) is 12.0. The number of rotatable bonds is 18. The molecule has 35 heavy (non-hydrogen) atoms. The Labute approximate surface area is 216 Å². The lowest BCUT2D eigenvalue weighted by molar-refractivity contribution is -0.00635. The lowest BCUT2D eigenvalue weighted by Crippen LogP contribution is -2.39. The zero-order valence-electron chi connectivity index (χ0n) is 24.2. The van der Waals surface area contributed by atoms with Crippen molar-refractivity contribution in [2.45, 2.75) is 149 Å². The smallest absolute Gasteiger partial charge is 0.0998 e. The van der Waals surface area contributed by atoms with Crippen LogP contribution in [-0.2, 0) is 4.74 Å². The maximum Gasteiger partial charge on any atom is 0.0998 e. The van der Waals surface area contributed by atoms with Crippen LogP contribution in [0.5, 0.6) is 0 Å². The van der Waals surface area contributed by atoms with Gasteiger partial charge in [-0.15, -0.1) is 0 Å². The Kier molecular flexibility index (Phi) is 14.3. The van der Waals surface area contributed by atoms with Gasteiger partial charge >= 0.3 is 0 Å². The molecular weight excluding hydrogens is 438 g/mol. The summed E-state index contributed by atoms with van der Waals surface area (Å²) in [7, 11) is 0. The second-order valence-electron chi connectivity index (χ2n) is 12.6. The van der Waals surface area contributed by atoms with Crippen molar-refractivity contribution in [2.75, 3.05) is 6.61 Å². The minimum Gasteiger partial charge on any atom is -0.390 e. The summed E-state index contributed by atoms with van der Waals surface area (Å²) in [5.41, 5.74) is 0.0579. The minimum atomic E-state index is -0.691. The van der Waals surface area contributed by atoms with E-state index in [0.29, 0.717) is 30.8 Å². The molecule has 0 saturated heterocycles. The first kappa shape index (κ1) is 32.2. The highest BCUT2D eigenvalue weighted by Crippen LogP contribution is 2.35. The van der Waals surface area contributed by atoms with E-state index < -0.39 is 11.1 Å². The summed E-state index contributed by atoms with van der Waals surface area (Å²) in [6, 6.07) is 0. The zero-order valence-corrected chi connectivity index (χ0v) is 24.2. The molecular formula is C30H57NO4. The van der Waals surface area contributed by atoms with Gasteiger partial charge in [0, 0.05) is 6.61 Å². The monoisotopic (exact) mass is 495 g/mol. The predicted molar refractivity (Wildman–Crippen MR) is 147 cm³/mol. The first-order valence-electron chi connectivity index (χ1n) is 14.4. The van der Waals surface area contributed by atoms with Gasteiger partial charge in [0.2, 0.25) is 0 Å². The van der Waals surface area contributed by atoms with Gasteiger partial charge in [0.1, 0.15) is 0 Å². The molecule has 0 aromatic heterocycles. The first-order chi connectivity index (χ1) is 16.3. The Hall–Kier alpha value is -0.780. The van der Waals surface area contributed by atoms with Crippen LogP contribution in [0.2, 0.25) is 0 Å². The van der Waals surface area contributed by atoms with Crippen LogP contribution in [0.4, 0.5) is 0 Å². The number of hydrogen-bond donors (Lipinski definition) is 2. The molecule has 0 heterocycles. The lowest BCUT2D eigenvalue weighted by atomic mass is 9.76. The van der Waals surface area contributed by atoms with Crippen LogP contribution in [0.3, 0.4) is 0 Å². The van der Waals surface area contributed by atoms with E-state index in [4.69, 9.17) is 4.74 Å². The number of aliphatic hydroxyl groups is 2. The van der Waals surface area contributed by atoms with Gasteiger partial charge in [0.25, 0.3) is 0 Å². The van der Waals surface area contributed by atoms with Crippen molar-refractivity contribution >= 4 is 0 Å². The van der Waals surface area contributed by atoms with E-state index in [1.165, 1.54) is 5.57 Å². The van der Waals surface area contributed by atoms with E-state index in [2.05, 4.69) is 39.8 Å². The SMILES string of the molecule is CCOC1C(CCC(C)CCCC(C)(O)CCCC(C)(CCCC(C)C)N=O)=CC(O)C(C)C1C. The minimum absolute atomic E-state index is 0.114. The van der Waals surface area contributed by atoms with Gasteiger partial charge in [-0.1, -0.05) is 71.6 Å². The fourth-order valence-electron chi connectivity index (χ4n) is 5.53. The van der Waals surface area contributed by atoms with Crippen LogP contribution >= 0.6 is 0 Å². The number of aliphatic hydroxyl groups excluding tert-OH is 1. The Morgan fingerprint density at radius 1 is 0.971 bits per heavy atom. The maximum atomic E-state index is 11.5. The molecule has 1 aliphatic rings. The van der Waals surface area contributed by atoms with Crippen LogP contribution in [0, 0.1) is 28.6 Å². The van der Waals surface area contributed by atoms with E-state index in [1.807, 2.05) is 26.8 Å². The zero-order chi connectivity index (χ0) is 26.6. The van der Waals surface area contributed by atoms with Crippen molar-refractivity contribution in [3.8, 4) is 0 Å². The van der Waals surface area contributed by atoms with Crippen LogP contribution in [0.25, 0.3) is 0 Å². The quantitative estimate of drug-likeness (QED) is 0.150. The van der Waals surface area contributed by atoms with Crippen molar-refractivity contribution in [1.82, 2.24) is 0 Å². The molecule has 0 bridgehead atoms. The fraction of sp³-hybridized carbons (Fsp3) is 0.933. The molecule has 0 spiro atoms. The molecule has 0 fully saturated rings. The molecule has 0 aliphatic heterocycles. The highest BCUT2D eigenvalue weighted by molar-refractivity contribution is 5.18. The highest BCUT2D eigenvalue weighted by atomic mass is 16.5. The van der Waals surface area contributed by atoms with Gasteiger partial charge in [0.15, 0.2) is 0 Å². The van der Waals surface area contributed by atoms with Gasteiger partial charge in [-0.2, -0.15) is 4.91 Å². The third-order valence-corrected chi connectivity index (χ3v) is 8.43. The second-order valence-corrected chi connectivity index (χ2v) is 12.6. The van der Waals surface area contributed by atoms with Crippen molar-refractivity contribution in [1.29, 1.82) is 0 Å². The average molecular weight is 496 g/mol. The Morgan fingerprint density at radius 2 is 1.57 bits per heavy atom. The van der Waals surface area contributed by atoms with Gasteiger partial charge in [0.05, 0.1) is 23.3 Å². The molecule has 5 nitrogen and oxygen atoms in total. The van der Waals surface area contributed by atoms with Crippen molar-refractivity contribution < 1.29 is 14.9 Å². The van der Waals surface area contributed by atoms with Crippen LogP contribution in [0.1, 0.15) is 126 Å². The summed E-state index contributed by atoms with van der Waals surface area (Å²) in [5, 5.41) is 24.8. The highest BCUT2D eigenvalue weighted by Gasteiger charge is 2.34. The molecule has 0 radical (unpaired) electrons. The third kappa shape index (κ3) is 11.9. The molecule has 0 amide bonds. The van der Waals surface area contributed by atoms with E-state index in [9.17, 15) is 15.1 Å². The Morgan fingerprint density at radius 3 is 2.17 bits per heavy atom. The number of nitroso groups, excluding NO2 is 1. The number of ether oxygens (including phenoxy) is 1.